The van der Waals surface area contributed by atoms with E-state index in [-0.39, 0.29) is 0 Å². The number of aryl methyl sites for hydroxylation is 1. The Bertz CT molecular complexity index is 260. The lowest BCUT2D eigenvalue weighted by atomic mass is 10.1. The van der Waals surface area contributed by atoms with Crippen LogP contribution < -0.4 is 0 Å². The predicted octanol–water partition coefficient (Wildman–Crippen LogP) is 4.84. The minimum absolute atomic E-state index is 0.910. The zero-order valence-electron chi connectivity index (χ0n) is 8.31. The Morgan fingerprint density at radius 1 is 1.00 bits per heavy atom. The minimum atomic E-state index is 0.910. The van der Waals surface area contributed by atoms with E-state index in [1.165, 1.54) is 31.2 Å². The first-order valence-corrected chi connectivity index (χ1v) is 6.64. The lowest BCUT2D eigenvalue weighted by molar-refractivity contribution is 0.671. The highest BCUT2D eigenvalue weighted by Gasteiger charge is 1.97. The largest absolute Gasteiger partial charge is 0.0928 e. The molecule has 0 aromatic heterocycles. The van der Waals surface area contributed by atoms with Crippen LogP contribution in [0, 0.1) is 0 Å². The highest BCUT2D eigenvalue weighted by Crippen LogP contribution is 2.17. The number of hydrogen-bond donors (Lipinski definition) is 0. The quantitative estimate of drug-likeness (QED) is 0.515. The maximum Gasteiger partial charge on any atom is 0.0437 e. The van der Waals surface area contributed by atoms with E-state index < -0.39 is 0 Å². The van der Waals surface area contributed by atoms with E-state index in [1.54, 1.807) is 0 Å². The van der Waals surface area contributed by atoms with E-state index in [4.69, 9.17) is 11.6 Å². The Hall–Kier alpha value is -0.0100. The SMILES string of the molecule is Clc1ccccc1CCCCCCBr. The van der Waals surface area contributed by atoms with Crippen LogP contribution in [0.5, 0.6) is 0 Å². The summed E-state index contributed by atoms with van der Waals surface area (Å²) in [4.78, 5) is 0. The first-order valence-electron chi connectivity index (χ1n) is 5.14. The molecule has 0 nitrogen and oxygen atoms in total. The van der Waals surface area contributed by atoms with E-state index in [2.05, 4.69) is 28.1 Å². The van der Waals surface area contributed by atoms with Crippen molar-refractivity contribution in [1.29, 1.82) is 0 Å². The Labute approximate surface area is 99.8 Å². The van der Waals surface area contributed by atoms with E-state index in [0.717, 1.165) is 16.8 Å². The maximum atomic E-state index is 6.06. The molecule has 0 saturated heterocycles. The second kappa shape index (κ2) is 7.30. The van der Waals surface area contributed by atoms with Gasteiger partial charge in [-0.3, -0.25) is 0 Å². The Kier molecular flexibility index (Phi) is 6.29. The number of unbranched alkanes of at least 4 members (excludes halogenated alkanes) is 3. The topological polar surface area (TPSA) is 0 Å². The molecule has 0 N–H and O–H groups in total. The normalized spacial score (nSPS) is 10.4. The number of halogens is 2. The molecule has 0 heterocycles. The zero-order chi connectivity index (χ0) is 10.2. The molecule has 1 rings (SSSR count). The molecule has 0 saturated carbocycles. The predicted molar refractivity (Wildman–Crippen MR) is 67.4 cm³/mol. The highest BCUT2D eigenvalue weighted by atomic mass is 79.9. The van der Waals surface area contributed by atoms with Gasteiger partial charge < -0.3 is 0 Å². The molecule has 0 aliphatic heterocycles. The highest BCUT2D eigenvalue weighted by molar-refractivity contribution is 9.09. The number of alkyl halides is 1. The molecule has 0 spiro atoms. The van der Waals surface area contributed by atoms with Crippen LogP contribution in [-0.4, -0.2) is 5.33 Å². The second-order valence-corrected chi connectivity index (χ2v) is 4.64. The van der Waals surface area contributed by atoms with Crippen LogP contribution in [0.2, 0.25) is 5.02 Å². The summed E-state index contributed by atoms with van der Waals surface area (Å²) in [6.07, 6.45) is 6.26. The monoisotopic (exact) mass is 274 g/mol. The van der Waals surface area contributed by atoms with Crippen molar-refractivity contribution in [1.82, 2.24) is 0 Å². The van der Waals surface area contributed by atoms with Gasteiger partial charge in [0.25, 0.3) is 0 Å². The summed E-state index contributed by atoms with van der Waals surface area (Å²) in [6.45, 7) is 0. The first kappa shape index (κ1) is 12.1. The van der Waals surface area contributed by atoms with Crippen molar-refractivity contribution in [3.63, 3.8) is 0 Å². The molecule has 0 radical (unpaired) electrons. The summed E-state index contributed by atoms with van der Waals surface area (Å²) < 4.78 is 0. The van der Waals surface area contributed by atoms with Crippen LogP contribution >= 0.6 is 27.5 Å². The lowest BCUT2D eigenvalue weighted by Crippen LogP contribution is -1.87. The summed E-state index contributed by atoms with van der Waals surface area (Å²) in [6, 6.07) is 8.12. The van der Waals surface area contributed by atoms with Crippen molar-refractivity contribution in [2.24, 2.45) is 0 Å². The van der Waals surface area contributed by atoms with Crippen LogP contribution in [0.4, 0.5) is 0 Å². The van der Waals surface area contributed by atoms with Gasteiger partial charge in [0.05, 0.1) is 0 Å². The molecule has 0 fully saturated rings. The van der Waals surface area contributed by atoms with E-state index in [0.29, 0.717) is 0 Å². The summed E-state index contributed by atoms with van der Waals surface area (Å²) in [5.41, 5.74) is 1.29. The van der Waals surface area contributed by atoms with Gasteiger partial charge in [0.15, 0.2) is 0 Å². The fraction of sp³-hybridized carbons (Fsp3) is 0.500. The minimum Gasteiger partial charge on any atom is -0.0928 e. The third-order valence-electron chi connectivity index (χ3n) is 2.29. The van der Waals surface area contributed by atoms with Crippen LogP contribution in [0.25, 0.3) is 0 Å². The van der Waals surface area contributed by atoms with Gasteiger partial charge in [-0.15, -0.1) is 0 Å². The average molecular weight is 276 g/mol. The zero-order valence-corrected chi connectivity index (χ0v) is 10.6. The van der Waals surface area contributed by atoms with Gasteiger partial charge >= 0.3 is 0 Å². The maximum absolute atomic E-state index is 6.06. The van der Waals surface area contributed by atoms with Crippen LogP contribution in [0.15, 0.2) is 24.3 Å². The molecule has 1 aromatic rings. The molecule has 0 amide bonds. The van der Waals surface area contributed by atoms with E-state index >= 15 is 0 Å². The molecule has 14 heavy (non-hydrogen) atoms. The molecule has 1 aromatic carbocycles. The molecular weight excluding hydrogens is 259 g/mol. The summed E-state index contributed by atoms with van der Waals surface area (Å²) in [7, 11) is 0. The van der Waals surface area contributed by atoms with Crippen molar-refractivity contribution < 1.29 is 0 Å². The van der Waals surface area contributed by atoms with Crippen molar-refractivity contribution in [2.45, 2.75) is 32.1 Å². The van der Waals surface area contributed by atoms with E-state index in [1.807, 2.05) is 12.1 Å². The third-order valence-corrected chi connectivity index (χ3v) is 3.22. The van der Waals surface area contributed by atoms with Crippen LogP contribution in [0.1, 0.15) is 31.2 Å². The smallest absolute Gasteiger partial charge is 0.0437 e. The van der Waals surface area contributed by atoms with E-state index in [9.17, 15) is 0 Å². The molecular formula is C12H16BrCl. The lowest BCUT2D eigenvalue weighted by Gasteiger charge is -2.03. The summed E-state index contributed by atoms with van der Waals surface area (Å²) in [5, 5.41) is 2.03. The summed E-state index contributed by atoms with van der Waals surface area (Å²) in [5.74, 6) is 0. The first-order chi connectivity index (χ1) is 6.84. The van der Waals surface area contributed by atoms with Gasteiger partial charge in [0, 0.05) is 10.4 Å². The Morgan fingerprint density at radius 3 is 2.43 bits per heavy atom. The van der Waals surface area contributed by atoms with Gasteiger partial charge in [-0.05, 0) is 30.9 Å². The summed E-state index contributed by atoms with van der Waals surface area (Å²) >= 11 is 9.49. The van der Waals surface area contributed by atoms with Crippen molar-refractivity contribution in [3.05, 3.63) is 34.9 Å². The number of benzene rings is 1. The Morgan fingerprint density at radius 2 is 1.71 bits per heavy atom. The molecule has 0 bridgehead atoms. The molecule has 2 heteroatoms. The molecule has 78 valence electrons. The van der Waals surface area contributed by atoms with Gasteiger partial charge in [-0.1, -0.05) is 58.6 Å². The van der Waals surface area contributed by atoms with Crippen molar-refractivity contribution >= 4 is 27.5 Å². The van der Waals surface area contributed by atoms with Crippen LogP contribution in [-0.2, 0) is 6.42 Å². The average Bonchev–Trinajstić information content (AvgIpc) is 2.20. The molecule has 0 aliphatic rings. The standard InChI is InChI=1S/C12H16BrCl/c13-10-6-2-1-3-7-11-8-4-5-9-12(11)14/h4-5,8-9H,1-3,6-7,10H2. The fourth-order valence-corrected chi connectivity index (χ4v) is 2.09. The van der Waals surface area contributed by atoms with Gasteiger partial charge in [0.1, 0.15) is 0 Å². The fourth-order valence-electron chi connectivity index (χ4n) is 1.46. The second-order valence-electron chi connectivity index (χ2n) is 3.44. The van der Waals surface area contributed by atoms with Crippen LogP contribution in [0.3, 0.4) is 0 Å². The van der Waals surface area contributed by atoms with Crippen molar-refractivity contribution in [2.75, 3.05) is 5.33 Å². The number of rotatable bonds is 6. The van der Waals surface area contributed by atoms with Gasteiger partial charge in [-0.25, -0.2) is 0 Å². The van der Waals surface area contributed by atoms with Gasteiger partial charge in [-0.2, -0.15) is 0 Å². The molecule has 0 atom stereocenters. The van der Waals surface area contributed by atoms with Gasteiger partial charge in [0.2, 0.25) is 0 Å². The molecule has 0 aliphatic carbocycles. The molecule has 0 unspecified atom stereocenters. The van der Waals surface area contributed by atoms with Crippen molar-refractivity contribution in [3.8, 4) is 0 Å². The number of hydrogen-bond acceptors (Lipinski definition) is 0. The third kappa shape index (κ3) is 4.47. The Balaban J connectivity index is 2.21.